The average Bonchev–Trinajstić information content (AvgIpc) is 3.14. The summed E-state index contributed by atoms with van der Waals surface area (Å²) < 4.78 is 11.4. The van der Waals surface area contributed by atoms with E-state index < -0.39 is 5.60 Å². The van der Waals surface area contributed by atoms with Gasteiger partial charge in [-0.1, -0.05) is 29.3 Å². The SMILES string of the molecule is COC1(C)CCC(c2ccc(Cl)c(Cl)c2)(C2CCN(C(=O)OC(C)(C)C)C2)CC1. The van der Waals surface area contributed by atoms with Crippen molar-refractivity contribution in [3.05, 3.63) is 33.8 Å². The zero-order valence-corrected chi connectivity index (χ0v) is 19.7. The summed E-state index contributed by atoms with van der Waals surface area (Å²) in [5.74, 6) is 0.355. The minimum absolute atomic E-state index is 0.0387. The zero-order chi connectivity index (χ0) is 21.4. The third-order valence-electron chi connectivity index (χ3n) is 6.81. The molecule has 1 aliphatic carbocycles. The van der Waals surface area contributed by atoms with Crippen LogP contribution in [0.1, 0.15) is 65.4 Å². The Hall–Kier alpha value is -0.970. The van der Waals surface area contributed by atoms with E-state index in [1.807, 2.05) is 37.8 Å². The molecule has 1 saturated carbocycles. The van der Waals surface area contributed by atoms with E-state index in [2.05, 4.69) is 13.0 Å². The van der Waals surface area contributed by atoms with E-state index in [0.29, 0.717) is 22.5 Å². The van der Waals surface area contributed by atoms with Crippen LogP contribution in [0, 0.1) is 5.92 Å². The number of rotatable bonds is 3. The maximum Gasteiger partial charge on any atom is 0.410 e. The van der Waals surface area contributed by atoms with Gasteiger partial charge in [-0.15, -0.1) is 0 Å². The van der Waals surface area contributed by atoms with Gasteiger partial charge in [0.15, 0.2) is 0 Å². The summed E-state index contributed by atoms with van der Waals surface area (Å²) in [6.07, 6.45) is 4.70. The number of halogens is 2. The monoisotopic (exact) mass is 441 g/mol. The van der Waals surface area contributed by atoms with Crippen LogP contribution in [0.15, 0.2) is 18.2 Å². The van der Waals surface area contributed by atoms with E-state index >= 15 is 0 Å². The van der Waals surface area contributed by atoms with Crippen LogP contribution in [-0.4, -0.2) is 42.4 Å². The zero-order valence-electron chi connectivity index (χ0n) is 18.2. The van der Waals surface area contributed by atoms with E-state index in [4.69, 9.17) is 32.7 Å². The highest BCUT2D eigenvalue weighted by Crippen LogP contribution is 2.52. The number of benzene rings is 1. The largest absolute Gasteiger partial charge is 0.444 e. The van der Waals surface area contributed by atoms with Gasteiger partial charge in [0.1, 0.15) is 5.60 Å². The second-order valence-electron chi connectivity index (χ2n) is 9.85. The van der Waals surface area contributed by atoms with Gasteiger partial charge < -0.3 is 14.4 Å². The minimum Gasteiger partial charge on any atom is -0.444 e. The quantitative estimate of drug-likeness (QED) is 0.539. The molecule has 1 unspecified atom stereocenters. The van der Waals surface area contributed by atoms with Crippen molar-refractivity contribution in [2.45, 2.75) is 76.4 Å². The van der Waals surface area contributed by atoms with Crippen LogP contribution >= 0.6 is 23.2 Å². The van der Waals surface area contributed by atoms with Gasteiger partial charge in [0.25, 0.3) is 0 Å². The normalized spacial score (nSPS) is 30.4. The molecular weight excluding hydrogens is 409 g/mol. The van der Waals surface area contributed by atoms with Gasteiger partial charge in [-0.2, -0.15) is 0 Å². The second-order valence-corrected chi connectivity index (χ2v) is 10.7. The van der Waals surface area contributed by atoms with Crippen molar-refractivity contribution >= 4 is 29.3 Å². The van der Waals surface area contributed by atoms with Crippen molar-refractivity contribution in [2.75, 3.05) is 20.2 Å². The molecule has 0 radical (unpaired) electrons. The van der Waals surface area contributed by atoms with E-state index in [1.54, 1.807) is 7.11 Å². The fraction of sp³-hybridized carbons (Fsp3) is 0.696. The Bertz CT molecular complexity index is 751. The van der Waals surface area contributed by atoms with Gasteiger partial charge in [0, 0.05) is 25.6 Å². The number of ether oxygens (including phenoxy) is 2. The molecule has 3 rings (SSSR count). The van der Waals surface area contributed by atoms with E-state index in [1.165, 1.54) is 5.56 Å². The molecule has 1 atom stereocenters. The number of nitrogens with zero attached hydrogens (tertiary/aromatic N) is 1. The standard InChI is InChI=1S/C23H33Cl2NO3/c1-21(2,3)29-20(27)26-13-8-17(15-26)23(11-9-22(4,28-5)10-12-23)16-6-7-18(24)19(25)14-16/h6-7,14,17H,8-13,15H2,1-5H3. The smallest absolute Gasteiger partial charge is 0.410 e. The summed E-state index contributed by atoms with van der Waals surface area (Å²) in [6, 6.07) is 6.03. The number of carbonyl (C=O) groups is 1. The predicted molar refractivity (Wildman–Crippen MR) is 118 cm³/mol. The van der Waals surface area contributed by atoms with Gasteiger partial charge in [-0.25, -0.2) is 4.79 Å². The van der Waals surface area contributed by atoms with Gasteiger partial charge in [-0.05, 0) is 83.4 Å². The summed E-state index contributed by atoms with van der Waals surface area (Å²) in [6.45, 7) is 9.34. The lowest BCUT2D eigenvalue weighted by Crippen LogP contribution is -2.46. The molecule has 2 fully saturated rings. The molecule has 29 heavy (non-hydrogen) atoms. The van der Waals surface area contributed by atoms with E-state index in [9.17, 15) is 4.79 Å². The molecule has 1 aromatic rings. The molecule has 0 bridgehead atoms. The highest BCUT2D eigenvalue weighted by atomic mass is 35.5. The highest BCUT2D eigenvalue weighted by molar-refractivity contribution is 6.42. The van der Waals surface area contributed by atoms with Crippen LogP contribution in [0.5, 0.6) is 0 Å². The molecule has 1 heterocycles. The molecule has 6 heteroatoms. The second kappa shape index (κ2) is 8.28. The van der Waals surface area contributed by atoms with E-state index in [0.717, 1.165) is 38.6 Å². The highest BCUT2D eigenvalue weighted by Gasteiger charge is 2.49. The van der Waals surface area contributed by atoms with Gasteiger partial charge >= 0.3 is 6.09 Å². The van der Waals surface area contributed by atoms with Crippen LogP contribution in [0.25, 0.3) is 0 Å². The lowest BCUT2D eigenvalue weighted by molar-refractivity contribution is -0.0474. The first-order valence-corrected chi connectivity index (χ1v) is 11.2. The van der Waals surface area contributed by atoms with Crippen molar-refractivity contribution in [3.8, 4) is 0 Å². The van der Waals surface area contributed by atoms with Crippen LogP contribution in [0.4, 0.5) is 4.79 Å². The first-order valence-electron chi connectivity index (χ1n) is 10.5. The summed E-state index contributed by atoms with van der Waals surface area (Å²) in [4.78, 5) is 14.5. The van der Waals surface area contributed by atoms with Crippen LogP contribution in [0.2, 0.25) is 10.0 Å². The topological polar surface area (TPSA) is 38.8 Å². The number of methoxy groups -OCH3 is 1. The van der Waals surface area contributed by atoms with Crippen molar-refractivity contribution < 1.29 is 14.3 Å². The predicted octanol–water partition coefficient (Wildman–Crippen LogP) is 6.47. The van der Waals surface area contributed by atoms with Crippen LogP contribution in [-0.2, 0) is 14.9 Å². The third-order valence-corrected chi connectivity index (χ3v) is 7.55. The van der Waals surface area contributed by atoms with Crippen LogP contribution < -0.4 is 0 Å². The Kier molecular flexibility index (Phi) is 6.48. The molecule has 0 N–H and O–H groups in total. The van der Waals surface area contributed by atoms with Crippen molar-refractivity contribution in [1.29, 1.82) is 0 Å². The van der Waals surface area contributed by atoms with Gasteiger partial charge in [0.05, 0.1) is 15.6 Å². The van der Waals surface area contributed by atoms with Crippen molar-refractivity contribution in [2.24, 2.45) is 5.92 Å². The van der Waals surface area contributed by atoms with Gasteiger partial charge in [0.2, 0.25) is 0 Å². The molecule has 162 valence electrons. The van der Waals surface area contributed by atoms with Gasteiger partial charge in [-0.3, -0.25) is 0 Å². The first-order chi connectivity index (χ1) is 13.5. The summed E-state index contributed by atoms with van der Waals surface area (Å²) in [7, 11) is 1.80. The Morgan fingerprint density at radius 3 is 2.34 bits per heavy atom. The average molecular weight is 442 g/mol. The fourth-order valence-electron chi connectivity index (χ4n) is 4.87. The van der Waals surface area contributed by atoms with E-state index in [-0.39, 0.29) is 17.1 Å². The lowest BCUT2D eigenvalue weighted by Gasteiger charge is -2.48. The maximum absolute atomic E-state index is 12.6. The Labute approximate surface area is 184 Å². The molecule has 4 nitrogen and oxygen atoms in total. The third kappa shape index (κ3) is 4.86. The van der Waals surface area contributed by atoms with Crippen molar-refractivity contribution in [3.63, 3.8) is 0 Å². The summed E-state index contributed by atoms with van der Waals surface area (Å²) >= 11 is 12.6. The molecular formula is C23H33Cl2NO3. The molecule has 1 aliphatic heterocycles. The molecule has 1 aromatic carbocycles. The molecule has 0 aromatic heterocycles. The minimum atomic E-state index is -0.484. The lowest BCUT2D eigenvalue weighted by atomic mass is 9.59. The number of carbonyl (C=O) groups excluding carboxylic acids is 1. The number of hydrogen-bond donors (Lipinski definition) is 0. The molecule has 2 aliphatic rings. The Balaban J connectivity index is 1.87. The molecule has 0 spiro atoms. The van der Waals surface area contributed by atoms with Crippen LogP contribution in [0.3, 0.4) is 0 Å². The number of hydrogen-bond acceptors (Lipinski definition) is 3. The van der Waals surface area contributed by atoms with Crippen molar-refractivity contribution in [1.82, 2.24) is 4.90 Å². The number of likely N-dealkylation sites (tertiary alicyclic amines) is 1. The number of amides is 1. The fourth-order valence-corrected chi connectivity index (χ4v) is 5.17. The Morgan fingerprint density at radius 1 is 1.14 bits per heavy atom. The summed E-state index contributed by atoms with van der Waals surface area (Å²) in [5, 5.41) is 1.16. The first kappa shape index (κ1) is 22.7. The molecule has 1 saturated heterocycles. The Morgan fingerprint density at radius 2 is 1.79 bits per heavy atom. The molecule has 1 amide bonds. The summed E-state index contributed by atoms with van der Waals surface area (Å²) in [5.41, 5.74) is 0.606. The maximum atomic E-state index is 12.6.